The summed E-state index contributed by atoms with van der Waals surface area (Å²) in [5.41, 5.74) is 1.61. The SMILES string of the molecule is CS(=O)(=O)N1CCN(c2ccc3ccc(C(=O)NCCc4cccs4)cn23)CC1. The predicted octanol–water partition coefficient (Wildman–Crippen LogP) is 2.05. The number of hydrogen-bond donors (Lipinski definition) is 1. The number of sulfonamides is 1. The lowest BCUT2D eigenvalue weighted by atomic mass is 10.2. The molecule has 29 heavy (non-hydrogen) atoms. The lowest BCUT2D eigenvalue weighted by Gasteiger charge is -2.34. The highest BCUT2D eigenvalue weighted by molar-refractivity contribution is 7.88. The minimum Gasteiger partial charge on any atom is -0.355 e. The van der Waals surface area contributed by atoms with Crippen LogP contribution in [-0.2, 0) is 16.4 Å². The van der Waals surface area contributed by atoms with Crippen LogP contribution in [0.25, 0.3) is 5.52 Å². The van der Waals surface area contributed by atoms with Gasteiger partial charge in [-0.25, -0.2) is 8.42 Å². The van der Waals surface area contributed by atoms with Gasteiger partial charge in [0.05, 0.1) is 11.8 Å². The number of hydrogen-bond acceptors (Lipinski definition) is 5. The molecule has 1 aliphatic rings. The number of pyridine rings is 1. The van der Waals surface area contributed by atoms with Gasteiger partial charge in [0.2, 0.25) is 10.0 Å². The third kappa shape index (κ3) is 4.47. The van der Waals surface area contributed by atoms with Crippen molar-refractivity contribution in [1.82, 2.24) is 14.0 Å². The van der Waals surface area contributed by atoms with E-state index in [-0.39, 0.29) is 5.91 Å². The fourth-order valence-electron chi connectivity index (χ4n) is 3.58. The van der Waals surface area contributed by atoms with E-state index in [1.54, 1.807) is 11.3 Å². The summed E-state index contributed by atoms with van der Waals surface area (Å²) in [6, 6.07) is 11.9. The van der Waals surface area contributed by atoms with Gasteiger partial charge in [0, 0.05) is 49.3 Å². The van der Waals surface area contributed by atoms with Crippen LogP contribution in [-0.4, -0.2) is 62.0 Å². The van der Waals surface area contributed by atoms with Crippen LogP contribution in [0.3, 0.4) is 0 Å². The summed E-state index contributed by atoms with van der Waals surface area (Å²) < 4.78 is 27.0. The number of carbonyl (C=O) groups excluding carboxylic acids is 1. The standard InChI is InChI=1S/C20H24N4O3S2/c1-29(26,27)23-12-10-22(11-13-23)19-7-6-17-5-4-16(15-24(17)19)20(25)21-9-8-18-3-2-14-28-18/h2-7,14-15H,8-13H2,1H3,(H,21,25). The molecule has 1 N–H and O–H groups in total. The first-order valence-corrected chi connectivity index (χ1v) is 12.3. The van der Waals surface area contributed by atoms with Crippen molar-refractivity contribution in [1.29, 1.82) is 0 Å². The molecule has 0 bridgehead atoms. The third-order valence-corrected chi connectivity index (χ3v) is 7.40. The van der Waals surface area contributed by atoms with E-state index in [9.17, 15) is 13.2 Å². The number of anilines is 1. The van der Waals surface area contributed by atoms with E-state index in [0.717, 1.165) is 17.8 Å². The van der Waals surface area contributed by atoms with E-state index in [0.29, 0.717) is 38.3 Å². The first-order chi connectivity index (χ1) is 13.9. The van der Waals surface area contributed by atoms with Crippen LogP contribution in [0.5, 0.6) is 0 Å². The van der Waals surface area contributed by atoms with Crippen molar-refractivity contribution >= 4 is 38.6 Å². The summed E-state index contributed by atoms with van der Waals surface area (Å²) in [5, 5.41) is 5.02. The maximum Gasteiger partial charge on any atom is 0.252 e. The Bertz CT molecular complexity index is 1100. The van der Waals surface area contributed by atoms with Crippen molar-refractivity contribution in [3.05, 3.63) is 58.4 Å². The number of aromatic nitrogens is 1. The van der Waals surface area contributed by atoms with Gasteiger partial charge in [-0.05, 0) is 42.1 Å². The summed E-state index contributed by atoms with van der Waals surface area (Å²) in [5.74, 6) is 0.881. The molecule has 3 aromatic rings. The Balaban J connectivity index is 1.45. The number of piperazine rings is 1. The summed E-state index contributed by atoms with van der Waals surface area (Å²) in [6.07, 6.45) is 3.93. The van der Waals surface area contributed by atoms with Crippen molar-refractivity contribution in [3.63, 3.8) is 0 Å². The smallest absolute Gasteiger partial charge is 0.252 e. The van der Waals surface area contributed by atoms with Gasteiger partial charge < -0.3 is 14.6 Å². The van der Waals surface area contributed by atoms with Crippen molar-refractivity contribution in [3.8, 4) is 0 Å². The highest BCUT2D eigenvalue weighted by atomic mass is 32.2. The second-order valence-corrected chi connectivity index (χ2v) is 10.2. The Morgan fingerprint density at radius 1 is 1.10 bits per heavy atom. The largest absolute Gasteiger partial charge is 0.355 e. The zero-order valence-corrected chi connectivity index (χ0v) is 17.9. The average Bonchev–Trinajstić information content (AvgIpc) is 3.36. The molecule has 154 valence electrons. The van der Waals surface area contributed by atoms with Crippen LogP contribution in [0.2, 0.25) is 0 Å². The normalized spacial score (nSPS) is 15.7. The molecule has 0 unspecified atom stereocenters. The first kappa shape index (κ1) is 19.9. The lowest BCUT2D eigenvalue weighted by Crippen LogP contribution is -2.48. The van der Waals surface area contributed by atoms with Gasteiger partial charge in [-0.15, -0.1) is 11.3 Å². The monoisotopic (exact) mass is 432 g/mol. The molecule has 1 saturated heterocycles. The number of fused-ring (bicyclic) bond motifs is 1. The summed E-state index contributed by atoms with van der Waals surface area (Å²) in [7, 11) is -3.16. The van der Waals surface area contributed by atoms with E-state index >= 15 is 0 Å². The predicted molar refractivity (Wildman–Crippen MR) is 116 cm³/mol. The van der Waals surface area contributed by atoms with Crippen LogP contribution < -0.4 is 10.2 Å². The van der Waals surface area contributed by atoms with Gasteiger partial charge in [0.25, 0.3) is 5.91 Å². The molecule has 4 rings (SSSR count). The van der Waals surface area contributed by atoms with Gasteiger partial charge in [0.1, 0.15) is 5.82 Å². The number of amides is 1. The lowest BCUT2D eigenvalue weighted by molar-refractivity contribution is 0.0953. The Hall–Kier alpha value is -2.36. The first-order valence-electron chi connectivity index (χ1n) is 9.53. The summed E-state index contributed by atoms with van der Waals surface area (Å²) in [4.78, 5) is 16.0. The Morgan fingerprint density at radius 3 is 2.55 bits per heavy atom. The van der Waals surface area contributed by atoms with Gasteiger partial charge >= 0.3 is 0 Å². The molecule has 1 aliphatic heterocycles. The van der Waals surface area contributed by atoms with E-state index < -0.39 is 10.0 Å². The van der Waals surface area contributed by atoms with Crippen molar-refractivity contribution < 1.29 is 13.2 Å². The number of thiophene rings is 1. The minimum atomic E-state index is -3.16. The van der Waals surface area contributed by atoms with Gasteiger partial charge in [-0.1, -0.05) is 6.07 Å². The molecule has 3 aromatic heterocycles. The molecule has 4 heterocycles. The molecule has 9 heteroatoms. The molecule has 7 nitrogen and oxygen atoms in total. The second kappa shape index (κ2) is 8.17. The van der Waals surface area contributed by atoms with Crippen LogP contribution >= 0.6 is 11.3 Å². The molecule has 0 saturated carbocycles. The maximum atomic E-state index is 12.6. The van der Waals surface area contributed by atoms with Crippen LogP contribution in [0, 0.1) is 0 Å². The van der Waals surface area contributed by atoms with Crippen molar-refractivity contribution in [2.75, 3.05) is 43.9 Å². The van der Waals surface area contributed by atoms with Crippen LogP contribution in [0.1, 0.15) is 15.2 Å². The van der Waals surface area contributed by atoms with Crippen LogP contribution in [0.15, 0.2) is 48.0 Å². The topological polar surface area (TPSA) is 74.1 Å². The number of nitrogens with zero attached hydrogens (tertiary/aromatic N) is 3. The zero-order chi connectivity index (χ0) is 20.4. The fourth-order valence-corrected chi connectivity index (χ4v) is 5.12. The molecular weight excluding hydrogens is 408 g/mol. The van der Waals surface area contributed by atoms with Gasteiger partial charge in [-0.2, -0.15) is 4.31 Å². The number of rotatable bonds is 6. The van der Waals surface area contributed by atoms with Gasteiger partial charge in [-0.3, -0.25) is 4.79 Å². The van der Waals surface area contributed by atoms with E-state index in [1.807, 2.05) is 46.3 Å². The van der Waals surface area contributed by atoms with Gasteiger partial charge in [0.15, 0.2) is 0 Å². The highest BCUT2D eigenvalue weighted by Crippen LogP contribution is 2.22. The molecule has 0 aromatic carbocycles. The molecule has 1 amide bonds. The van der Waals surface area contributed by atoms with Crippen LogP contribution in [0.4, 0.5) is 5.82 Å². The quantitative estimate of drug-likeness (QED) is 0.647. The molecule has 0 aliphatic carbocycles. The van der Waals surface area contributed by atoms with E-state index in [4.69, 9.17) is 0 Å². The fraction of sp³-hybridized carbons (Fsp3) is 0.350. The highest BCUT2D eigenvalue weighted by Gasteiger charge is 2.24. The third-order valence-electron chi connectivity index (χ3n) is 5.16. The number of carbonyl (C=O) groups is 1. The van der Waals surface area contributed by atoms with E-state index in [1.165, 1.54) is 15.4 Å². The van der Waals surface area contributed by atoms with Crippen molar-refractivity contribution in [2.24, 2.45) is 0 Å². The molecule has 1 fully saturated rings. The van der Waals surface area contributed by atoms with Crippen molar-refractivity contribution in [2.45, 2.75) is 6.42 Å². The number of nitrogens with one attached hydrogen (secondary N) is 1. The zero-order valence-electron chi connectivity index (χ0n) is 16.2. The Labute approximate surface area is 174 Å². The molecule has 0 radical (unpaired) electrons. The Morgan fingerprint density at radius 2 is 1.86 bits per heavy atom. The average molecular weight is 433 g/mol. The minimum absolute atomic E-state index is 0.0926. The summed E-state index contributed by atoms with van der Waals surface area (Å²) >= 11 is 1.69. The second-order valence-electron chi connectivity index (χ2n) is 7.14. The maximum absolute atomic E-state index is 12.6. The Kier molecular flexibility index (Phi) is 5.62. The molecular formula is C20H24N4O3S2. The molecule has 0 atom stereocenters. The molecule has 0 spiro atoms. The van der Waals surface area contributed by atoms with E-state index in [2.05, 4.69) is 16.3 Å². The summed E-state index contributed by atoms with van der Waals surface area (Å²) in [6.45, 7) is 2.78.